The first-order valence-corrected chi connectivity index (χ1v) is 9.98. The highest BCUT2D eigenvalue weighted by Gasteiger charge is 2.22. The number of halogens is 1. The lowest BCUT2D eigenvalue weighted by atomic mass is 10.3. The standard InChI is InChI=1S/C20H18FN5O3S/c1-3-10-26-17(12-28-15-8-5-4-7-14(15)21)23-24-20(26)30-13(2)19-22-18(25-29-19)16-9-6-11-27-16/h3-9,11,13H,1,10,12H2,2H3/t13-/m0/s1. The van der Waals surface area contributed by atoms with Crippen molar-refractivity contribution in [1.82, 2.24) is 24.9 Å². The van der Waals surface area contributed by atoms with Gasteiger partial charge in [-0.05, 0) is 31.2 Å². The van der Waals surface area contributed by atoms with Gasteiger partial charge in [-0.3, -0.25) is 4.57 Å². The highest BCUT2D eigenvalue weighted by atomic mass is 32.2. The Labute approximate surface area is 175 Å². The van der Waals surface area contributed by atoms with Crippen LogP contribution in [0.3, 0.4) is 0 Å². The molecule has 3 heterocycles. The topological polar surface area (TPSA) is 92.0 Å². The summed E-state index contributed by atoms with van der Waals surface area (Å²) in [4.78, 5) is 4.38. The highest BCUT2D eigenvalue weighted by molar-refractivity contribution is 7.99. The molecule has 0 unspecified atom stereocenters. The second-order valence-electron chi connectivity index (χ2n) is 6.21. The zero-order valence-electron chi connectivity index (χ0n) is 16.1. The van der Waals surface area contributed by atoms with Gasteiger partial charge in [0.1, 0.15) is 6.61 Å². The quantitative estimate of drug-likeness (QED) is 0.281. The minimum Gasteiger partial charge on any atom is -0.483 e. The Kier molecular flexibility index (Phi) is 5.94. The maximum Gasteiger partial charge on any atom is 0.240 e. The minimum absolute atomic E-state index is 0.0694. The predicted octanol–water partition coefficient (Wildman–Crippen LogP) is 4.68. The summed E-state index contributed by atoms with van der Waals surface area (Å²) in [7, 11) is 0. The zero-order chi connectivity index (χ0) is 20.9. The molecule has 8 nitrogen and oxygen atoms in total. The van der Waals surface area contributed by atoms with Gasteiger partial charge in [0, 0.05) is 6.54 Å². The first-order valence-electron chi connectivity index (χ1n) is 9.10. The van der Waals surface area contributed by atoms with Gasteiger partial charge in [-0.25, -0.2) is 4.39 Å². The van der Waals surface area contributed by atoms with Gasteiger partial charge >= 0.3 is 0 Å². The fourth-order valence-electron chi connectivity index (χ4n) is 2.64. The largest absolute Gasteiger partial charge is 0.483 e. The number of aromatic nitrogens is 5. The monoisotopic (exact) mass is 427 g/mol. The van der Waals surface area contributed by atoms with E-state index < -0.39 is 5.82 Å². The van der Waals surface area contributed by atoms with E-state index in [-0.39, 0.29) is 17.6 Å². The summed E-state index contributed by atoms with van der Waals surface area (Å²) in [5, 5.41) is 12.8. The molecule has 0 radical (unpaired) electrons. The summed E-state index contributed by atoms with van der Waals surface area (Å²) in [6.45, 7) is 6.25. The van der Waals surface area contributed by atoms with Crippen LogP contribution in [0.25, 0.3) is 11.6 Å². The van der Waals surface area contributed by atoms with E-state index in [0.717, 1.165) is 0 Å². The van der Waals surface area contributed by atoms with E-state index in [1.165, 1.54) is 17.8 Å². The molecule has 30 heavy (non-hydrogen) atoms. The van der Waals surface area contributed by atoms with Crippen LogP contribution in [0.5, 0.6) is 5.75 Å². The Bertz CT molecular complexity index is 1130. The van der Waals surface area contributed by atoms with Crippen LogP contribution in [0.1, 0.15) is 23.9 Å². The molecule has 4 rings (SSSR count). The highest BCUT2D eigenvalue weighted by Crippen LogP contribution is 2.34. The number of para-hydroxylation sites is 1. The van der Waals surface area contributed by atoms with Crippen LogP contribution in [0, 0.1) is 5.82 Å². The van der Waals surface area contributed by atoms with Crippen molar-refractivity contribution in [1.29, 1.82) is 0 Å². The van der Waals surface area contributed by atoms with Gasteiger partial charge in [0.2, 0.25) is 11.7 Å². The van der Waals surface area contributed by atoms with E-state index >= 15 is 0 Å². The molecular weight excluding hydrogens is 409 g/mol. The van der Waals surface area contributed by atoms with E-state index in [4.69, 9.17) is 13.7 Å². The first kappa shape index (κ1) is 19.9. The number of ether oxygens (including phenoxy) is 1. The summed E-state index contributed by atoms with van der Waals surface area (Å²) >= 11 is 1.40. The van der Waals surface area contributed by atoms with Gasteiger partial charge in [-0.15, -0.1) is 16.8 Å². The van der Waals surface area contributed by atoms with Crippen molar-refractivity contribution in [3.63, 3.8) is 0 Å². The van der Waals surface area contributed by atoms with Crippen LogP contribution in [0.4, 0.5) is 4.39 Å². The molecule has 1 aromatic carbocycles. The molecule has 1 atom stereocenters. The molecule has 4 aromatic rings. The van der Waals surface area contributed by atoms with Crippen LogP contribution < -0.4 is 4.74 Å². The normalized spacial score (nSPS) is 12.1. The smallest absolute Gasteiger partial charge is 0.240 e. The molecule has 0 aliphatic heterocycles. The lowest BCUT2D eigenvalue weighted by Crippen LogP contribution is -2.08. The number of thioether (sulfide) groups is 1. The minimum atomic E-state index is -0.431. The van der Waals surface area contributed by atoms with Crippen molar-refractivity contribution in [2.24, 2.45) is 0 Å². The molecule has 0 spiro atoms. The molecule has 0 amide bonds. The molecule has 0 aliphatic carbocycles. The summed E-state index contributed by atoms with van der Waals surface area (Å²) in [6, 6.07) is 9.73. The molecule has 0 aliphatic rings. The molecule has 10 heteroatoms. The Morgan fingerprint density at radius 3 is 2.90 bits per heavy atom. The fraction of sp³-hybridized carbons (Fsp3) is 0.200. The number of rotatable bonds is 9. The fourth-order valence-corrected chi connectivity index (χ4v) is 3.55. The SMILES string of the molecule is C=CCn1c(COc2ccccc2F)nnc1S[C@@H](C)c1nc(-c2ccco2)no1. The number of hydrogen-bond donors (Lipinski definition) is 0. The van der Waals surface area contributed by atoms with Gasteiger partial charge in [-0.2, -0.15) is 4.98 Å². The molecule has 154 valence electrons. The van der Waals surface area contributed by atoms with Gasteiger partial charge in [-0.1, -0.05) is 35.1 Å². The third-order valence-corrected chi connectivity index (χ3v) is 5.18. The molecule has 0 saturated heterocycles. The second kappa shape index (κ2) is 8.95. The van der Waals surface area contributed by atoms with Crippen molar-refractivity contribution >= 4 is 11.8 Å². The summed E-state index contributed by atoms with van der Waals surface area (Å²) in [5.74, 6) is 1.63. The van der Waals surface area contributed by atoms with E-state index in [1.807, 2.05) is 11.5 Å². The molecule has 0 fully saturated rings. The van der Waals surface area contributed by atoms with Crippen LogP contribution in [0.2, 0.25) is 0 Å². The van der Waals surface area contributed by atoms with E-state index in [0.29, 0.717) is 35.0 Å². The first-order chi connectivity index (χ1) is 14.7. The average molecular weight is 427 g/mol. The number of nitrogens with zero attached hydrogens (tertiary/aromatic N) is 5. The van der Waals surface area contributed by atoms with Crippen molar-refractivity contribution < 1.29 is 18.1 Å². The van der Waals surface area contributed by atoms with Crippen molar-refractivity contribution in [3.8, 4) is 17.3 Å². The number of hydrogen-bond acceptors (Lipinski definition) is 8. The number of furan rings is 1. The van der Waals surface area contributed by atoms with Crippen LogP contribution in [-0.2, 0) is 13.2 Å². The predicted molar refractivity (Wildman–Crippen MR) is 107 cm³/mol. The third-order valence-electron chi connectivity index (χ3n) is 4.11. The Morgan fingerprint density at radius 1 is 1.27 bits per heavy atom. The van der Waals surface area contributed by atoms with Crippen molar-refractivity contribution in [2.75, 3.05) is 0 Å². The molecule has 3 aromatic heterocycles. The summed E-state index contributed by atoms with van der Waals surface area (Å²) in [5.41, 5.74) is 0. The second-order valence-corrected chi connectivity index (χ2v) is 7.52. The van der Waals surface area contributed by atoms with E-state index in [1.54, 1.807) is 42.7 Å². The molecule has 0 bridgehead atoms. The number of benzene rings is 1. The van der Waals surface area contributed by atoms with Crippen molar-refractivity contribution in [2.45, 2.75) is 30.5 Å². The molecular formula is C20H18FN5O3S. The van der Waals surface area contributed by atoms with Gasteiger partial charge in [0.25, 0.3) is 0 Å². The third kappa shape index (κ3) is 4.28. The molecule has 0 N–H and O–H groups in total. The van der Waals surface area contributed by atoms with Crippen molar-refractivity contribution in [3.05, 3.63) is 72.8 Å². The zero-order valence-corrected chi connectivity index (χ0v) is 16.9. The maximum absolute atomic E-state index is 13.8. The Morgan fingerprint density at radius 2 is 2.13 bits per heavy atom. The van der Waals surface area contributed by atoms with Gasteiger partial charge in [0.05, 0.1) is 11.5 Å². The lowest BCUT2D eigenvalue weighted by molar-refractivity contribution is 0.275. The van der Waals surface area contributed by atoms with Crippen LogP contribution in [-0.4, -0.2) is 24.9 Å². The van der Waals surface area contributed by atoms with Crippen LogP contribution >= 0.6 is 11.8 Å². The van der Waals surface area contributed by atoms with Crippen LogP contribution in [0.15, 0.2) is 69.4 Å². The lowest BCUT2D eigenvalue weighted by Gasteiger charge is -2.10. The average Bonchev–Trinajstić information content (AvgIpc) is 3.49. The Hall–Kier alpha value is -3.40. The van der Waals surface area contributed by atoms with E-state index in [9.17, 15) is 4.39 Å². The summed E-state index contributed by atoms with van der Waals surface area (Å²) < 4.78 is 31.9. The number of allylic oxidation sites excluding steroid dienone is 1. The Balaban J connectivity index is 1.48. The van der Waals surface area contributed by atoms with Gasteiger partial charge in [0.15, 0.2) is 28.3 Å². The van der Waals surface area contributed by atoms with E-state index in [2.05, 4.69) is 26.9 Å². The van der Waals surface area contributed by atoms with Gasteiger partial charge < -0.3 is 13.7 Å². The summed E-state index contributed by atoms with van der Waals surface area (Å²) in [6.07, 6.45) is 3.28. The maximum atomic E-state index is 13.8. The molecule has 0 saturated carbocycles.